The first kappa shape index (κ1) is 10.0. The molecule has 0 unspecified atom stereocenters. The van der Waals surface area contributed by atoms with Crippen LogP contribution in [-0.2, 0) is 6.54 Å². The van der Waals surface area contributed by atoms with Crippen molar-refractivity contribution in [3.8, 4) is 0 Å². The van der Waals surface area contributed by atoms with Gasteiger partial charge in [0.1, 0.15) is 0 Å². The maximum atomic E-state index is 5.98. The third kappa shape index (κ3) is 2.28. The molecule has 1 aromatic carbocycles. The van der Waals surface area contributed by atoms with E-state index in [0.29, 0.717) is 0 Å². The van der Waals surface area contributed by atoms with Crippen LogP contribution in [-0.4, -0.2) is 18.0 Å². The number of hydrogen-bond acceptors (Lipinski definition) is 1. The molecule has 0 N–H and O–H groups in total. The Kier molecular flexibility index (Phi) is 3.09. The van der Waals surface area contributed by atoms with Crippen LogP contribution in [0, 0.1) is 6.92 Å². The molecule has 1 aliphatic rings. The van der Waals surface area contributed by atoms with Gasteiger partial charge in [-0.15, -0.1) is 0 Å². The minimum absolute atomic E-state index is 0.852. The van der Waals surface area contributed by atoms with Crippen LogP contribution >= 0.6 is 11.6 Å². The SMILES string of the molecule is Cc1ccc(Cl)cc1CN1CCCC1. The Hall–Kier alpha value is -0.530. The number of likely N-dealkylation sites (tertiary alicyclic amines) is 1. The van der Waals surface area contributed by atoms with E-state index in [2.05, 4.69) is 24.0 Å². The molecule has 0 amide bonds. The summed E-state index contributed by atoms with van der Waals surface area (Å²) >= 11 is 5.98. The van der Waals surface area contributed by atoms with Gasteiger partial charge in [0.15, 0.2) is 0 Å². The molecule has 1 aromatic rings. The topological polar surface area (TPSA) is 3.24 Å². The second kappa shape index (κ2) is 4.33. The van der Waals surface area contributed by atoms with E-state index in [4.69, 9.17) is 11.6 Å². The second-order valence-electron chi connectivity index (χ2n) is 4.05. The fourth-order valence-electron chi connectivity index (χ4n) is 1.99. The average molecular weight is 210 g/mol. The van der Waals surface area contributed by atoms with Crippen LogP contribution in [0.4, 0.5) is 0 Å². The molecule has 1 saturated heterocycles. The van der Waals surface area contributed by atoms with Crippen LogP contribution < -0.4 is 0 Å². The summed E-state index contributed by atoms with van der Waals surface area (Å²) in [5, 5.41) is 0.852. The van der Waals surface area contributed by atoms with Gasteiger partial charge in [-0.3, -0.25) is 4.90 Å². The second-order valence-corrected chi connectivity index (χ2v) is 4.49. The highest BCUT2D eigenvalue weighted by Gasteiger charge is 2.12. The first-order valence-electron chi connectivity index (χ1n) is 5.23. The van der Waals surface area contributed by atoms with Crippen molar-refractivity contribution in [3.05, 3.63) is 34.3 Å². The van der Waals surface area contributed by atoms with Crippen molar-refractivity contribution in [2.75, 3.05) is 13.1 Å². The molecule has 2 heteroatoms. The van der Waals surface area contributed by atoms with Gasteiger partial charge in [-0.25, -0.2) is 0 Å². The summed E-state index contributed by atoms with van der Waals surface area (Å²) < 4.78 is 0. The molecule has 14 heavy (non-hydrogen) atoms. The fourth-order valence-corrected chi connectivity index (χ4v) is 2.19. The molecule has 0 aromatic heterocycles. The van der Waals surface area contributed by atoms with Crippen LogP contribution in [0.25, 0.3) is 0 Å². The van der Waals surface area contributed by atoms with Crippen LogP contribution in [0.5, 0.6) is 0 Å². The summed E-state index contributed by atoms with van der Waals surface area (Å²) in [6, 6.07) is 6.16. The Morgan fingerprint density at radius 1 is 1.29 bits per heavy atom. The van der Waals surface area contributed by atoms with E-state index in [1.165, 1.54) is 37.1 Å². The van der Waals surface area contributed by atoms with Gasteiger partial charge in [0.25, 0.3) is 0 Å². The highest BCUT2D eigenvalue weighted by molar-refractivity contribution is 6.30. The Morgan fingerprint density at radius 3 is 2.71 bits per heavy atom. The standard InChI is InChI=1S/C12H16ClN/c1-10-4-5-12(13)8-11(10)9-14-6-2-3-7-14/h4-5,8H,2-3,6-7,9H2,1H3. The molecule has 0 saturated carbocycles. The Bertz CT molecular complexity index is 316. The lowest BCUT2D eigenvalue weighted by Gasteiger charge is -2.16. The van der Waals surface area contributed by atoms with Crippen molar-refractivity contribution in [1.29, 1.82) is 0 Å². The summed E-state index contributed by atoms with van der Waals surface area (Å²) in [6.07, 6.45) is 2.69. The highest BCUT2D eigenvalue weighted by atomic mass is 35.5. The van der Waals surface area contributed by atoms with E-state index in [9.17, 15) is 0 Å². The van der Waals surface area contributed by atoms with Gasteiger partial charge >= 0.3 is 0 Å². The summed E-state index contributed by atoms with van der Waals surface area (Å²) in [4.78, 5) is 2.50. The molecular weight excluding hydrogens is 194 g/mol. The largest absolute Gasteiger partial charge is 0.299 e. The average Bonchev–Trinajstić information content (AvgIpc) is 2.64. The first-order valence-corrected chi connectivity index (χ1v) is 5.61. The summed E-state index contributed by atoms with van der Waals surface area (Å²) in [5.74, 6) is 0. The lowest BCUT2D eigenvalue weighted by Crippen LogP contribution is -2.18. The van der Waals surface area contributed by atoms with Gasteiger partial charge < -0.3 is 0 Å². The van der Waals surface area contributed by atoms with Crippen LogP contribution in [0.2, 0.25) is 5.02 Å². The van der Waals surface area contributed by atoms with E-state index in [-0.39, 0.29) is 0 Å². The molecule has 0 spiro atoms. The predicted molar refractivity (Wildman–Crippen MR) is 60.7 cm³/mol. The van der Waals surface area contributed by atoms with Crippen molar-refractivity contribution in [2.24, 2.45) is 0 Å². The smallest absolute Gasteiger partial charge is 0.0409 e. The van der Waals surface area contributed by atoms with Gasteiger partial charge in [-0.2, -0.15) is 0 Å². The lowest BCUT2D eigenvalue weighted by molar-refractivity contribution is 0.331. The number of hydrogen-bond donors (Lipinski definition) is 0. The molecule has 1 aliphatic heterocycles. The van der Waals surface area contributed by atoms with Crippen molar-refractivity contribution >= 4 is 11.6 Å². The van der Waals surface area contributed by atoms with E-state index in [0.717, 1.165) is 11.6 Å². The Balaban J connectivity index is 2.10. The van der Waals surface area contributed by atoms with E-state index >= 15 is 0 Å². The van der Waals surface area contributed by atoms with Crippen molar-refractivity contribution < 1.29 is 0 Å². The molecule has 76 valence electrons. The van der Waals surface area contributed by atoms with Crippen LogP contribution in [0.15, 0.2) is 18.2 Å². The lowest BCUT2D eigenvalue weighted by atomic mass is 10.1. The third-order valence-electron chi connectivity index (χ3n) is 2.90. The zero-order chi connectivity index (χ0) is 9.97. The zero-order valence-corrected chi connectivity index (χ0v) is 9.35. The van der Waals surface area contributed by atoms with Crippen LogP contribution in [0.3, 0.4) is 0 Å². The van der Waals surface area contributed by atoms with Crippen molar-refractivity contribution in [1.82, 2.24) is 4.90 Å². The monoisotopic (exact) mass is 209 g/mol. The number of benzene rings is 1. The highest BCUT2D eigenvalue weighted by Crippen LogP contribution is 2.19. The molecule has 0 aliphatic carbocycles. The van der Waals surface area contributed by atoms with Gasteiger partial charge in [-0.05, 0) is 56.1 Å². The normalized spacial score (nSPS) is 17.6. The maximum absolute atomic E-state index is 5.98. The number of halogens is 1. The predicted octanol–water partition coefficient (Wildman–Crippen LogP) is 3.24. The summed E-state index contributed by atoms with van der Waals surface area (Å²) in [5.41, 5.74) is 2.72. The van der Waals surface area contributed by atoms with Crippen molar-refractivity contribution in [3.63, 3.8) is 0 Å². The minimum atomic E-state index is 0.852. The Morgan fingerprint density at radius 2 is 2.00 bits per heavy atom. The quantitative estimate of drug-likeness (QED) is 0.723. The zero-order valence-electron chi connectivity index (χ0n) is 8.59. The first-order chi connectivity index (χ1) is 6.75. The molecule has 1 nitrogen and oxygen atoms in total. The molecule has 0 radical (unpaired) electrons. The molecule has 1 heterocycles. The molecule has 1 fully saturated rings. The van der Waals surface area contributed by atoms with E-state index in [1.54, 1.807) is 0 Å². The molecule has 0 bridgehead atoms. The van der Waals surface area contributed by atoms with Gasteiger partial charge in [0, 0.05) is 11.6 Å². The third-order valence-corrected chi connectivity index (χ3v) is 3.14. The minimum Gasteiger partial charge on any atom is -0.299 e. The van der Waals surface area contributed by atoms with Gasteiger partial charge in [-0.1, -0.05) is 17.7 Å². The van der Waals surface area contributed by atoms with E-state index in [1.807, 2.05) is 6.07 Å². The summed E-state index contributed by atoms with van der Waals surface area (Å²) in [7, 11) is 0. The van der Waals surface area contributed by atoms with Gasteiger partial charge in [0.05, 0.1) is 0 Å². The fraction of sp³-hybridized carbons (Fsp3) is 0.500. The number of aryl methyl sites for hydroxylation is 1. The van der Waals surface area contributed by atoms with E-state index < -0.39 is 0 Å². The van der Waals surface area contributed by atoms with Gasteiger partial charge in [0.2, 0.25) is 0 Å². The van der Waals surface area contributed by atoms with Crippen molar-refractivity contribution in [2.45, 2.75) is 26.3 Å². The van der Waals surface area contributed by atoms with Crippen LogP contribution in [0.1, 0.15) is 24.0 Å². The maximum Gasteiger partial charge on any atom is 0.0409 e. The number of rotatable bonds is 2. The molecule has 2 rings (SSSR count). The molecule has 0 atom stereocenters. The summed E-state index contributed by atoms with van der Waals surface area (Å²) in [6.45, 7) is 5.70. The Labute approximate surface area is 90.7 Å². The number of nitrogens with zero attached hydrogens (tertiary/aromatic N) is 1. The molecular formula is C12H16ClN.